The minimum absolute atomic E-state index is 0.0881. The SMILES string of the molecule is C=C[C@H]1CN2CC[C@H]1C[C@H]2[C@H](OC(=O)c1ccc(F)cc1)c1ccnc2ccccc12. The highest BCUT2D eigenvalue weighted by Crippen LogP contribution is 2.43. The van der Waals surface area contributed by atoms with E-state index < -0.39 is 12.1 Å². The summed E-state index contributed by atoms with van der Waals surface area (Å²) >= 11 is 0. The molecule has 0 aliphatic carbocycles. The number of aromatic nitrogens is 1. The molecule has 2 bridgehead atoms. The number of halogens is 1. The number of benzene rings is 2. The summed E-state index contributed by atoms with van der Waals surface area (Å²) in [6.45, 7) is 5.95. The first-order chi connectivity index (χ1) is 15.1. The Hall–Kier alpha value is -3.05. The van der Waals surface area contributed by atoms with Crippen LogP contribution < -0.4 is 0 Å². The Kier molecular flexibility index (Phi) is 5.28. The average molecular weight is 416 g/mol. The van der Waals surface area contributed by atoms with E-state index in [-0.39, 0.29) is 11.9 Å². The molecule has 2 aromatic carbocycles. The zero-order chi connectivity index (χ0) is 21.4. The molecule has 5 atom stereocenters. The van der Waals surface area contributed by atoms with Crippen molar-refractivity contribution >= 4 is 16.9 Å². The number of para-hydroxylation sites is 1. The summed E-state index contributed by atoms with van der Waals surface area (Å²) in [4.78, 5) is 20.0. The van der Waals surface area contributed by atoms with Gasteiger partial charge in [-0.15, -0.1) is 6.58 Å². The van der Waals surface area contributed by atoms with Crippen molar-refractivity contribution < 1.29 is 13.9 Å². The van der Waals surface area contributed by atoms with E-state index in [1.165, 1.54) is 24.3 Å². The second kappa shape index (κ2) is 8.23. The van der Waals surface area contributed by atoms with E-state index in [0.717, 1.165) is 42.4 Å². The molecular weight excluding hydrogens is 391 g/mol. The molecule has 4 heterocycles. The number of carbonyl (C=O) groups excluding carboxylic acids is 1. The van der Waals surface area contributed by atoms with E-state index in [1.807, 2.05) is 30.3 Å². The summed E-state index contributed by atoms with van der Waals surface area (Å²) in [5.41, 5.74) is 2.20. The number of esters is 1. The molecule has 0 saturated carbocycles. The van der Waals surface area contributed by atoms with Gasteiger partial charge in [0.05, 0.1) is 17.1 Å². The molecule has 31 heavy (non-hydrogen) atoms. The van der Waals surface area contributed by atoms with Gasteiger partial charge in [0.2, 0.25) is 0 Å². The van der Waals surface area contributed by atoms with Crippen LogP contribution in [-0.2, 0) is 4.74 Å². The highest BCUT2D eigenvalue weighted by molar-refractivity contribution is 5.90. The first-order valence-corrected chi connectivity index (χ1v) is 10.8. The van der Waals surface area contributed by atoms with Crippen LogP contribution >= 0.6 is 0 Å². The van der Waals surface area contributed by atoms with Gasteiger partial charge < -0.3 is 4.74 Å². The van der Waals surface area contributed by atoms with Crippen molar-refractivity contribution in [2.45, 2.75) is 25.0 Å². The van der Waals surface area contributed by atoms with E-state index in [4.69, 9.17) is 4.74 Å². The third-order valence-corrected chi connectivity index (χ3v) is 6.81. The zero-order valence-corrected chi connectivity index (χ0v) is 17.3. The van der Waals surface area contributed by atoms with Crippen LogP contribution in [0.5, 0.6) is 0 Å². The molecule has 0 radical (unpaired) electrons. The quantitative estimate of drug-likeness (QED) is 0.425. The highest BCUT2D eigenvalue weighted by atomic mass is 19.1. The van der Waals surface area contributed by atoms with Gasteiger partial charge in [-0.3, -0.25) is 9.88 Å². The number of ether oxygens (including phenoxy) is 1. The van der Waals surface area contributed by atoms with E-state index in [0.29, 0.717) is 17.4 Å². The van der Waals surface area contributed by atoms with Gasteiger partial charge in [-0.2, -0.15) is 0 Å². The summed E-state index contributed by atoms with van der Waals surface area (Å²) in [6, 6.07) is 15.5. The van der Waals surface area contributed by atoms with Crippen molar-refractivity contribution in [3.63, 3.8) is 0 Å². The summed E-state index contributed by atoms with van der Waals surface area (Å²) in [5, 5.41) is 0.991. The van der Waals surface area contributed by atoms with Gasteiger partial charge in [0.1, 0.15) is 11.9 Å². The molecule has 158 valence electrons. The summed E-state index contributed by atoms with van der Waals surface area (Å²) in [5.74, 6) is 0.216. The largest absolute Gasteiger partial charge is 0.452 e. The molecule has 3 fully saturated rings. The van der Waals surface area contributed by atoms with Gasteiger partial charge in [-0.1, -0.05) is 24.3 Å². The number of pyridine rings is 1. The Morgan fingerprint density at radius 1 is 1.19 bits per heavy atom. The minimum Gasteiger partial charge on any atom is -0.452 e. The average Bonchev–Trinajstić information content (AvgIpc) is 2.82. The zero-order valence-electron chi connectivity index (χ0n) is 17.3. The van der Waals surface area contributed by atoms with Crippen molar-refractivity contribution in [1.82, 2.24) is 9.88 Å². The molecule has 4 nitrogen and oxygen atoms in total. The lowest BCUT2D eigenvalue weighted by Crippen LogP contribution is -2.55. The van der Waals surface area contributed by atoms with E-state index in [9.17, 15) is 9.18 Å². The maximum atomic E-state index is 13.3. The first kappa shape index (κ1) is 19.9. The van der Waals surface area contributed by atoms with Crippen LogP contribution in [0, 0.1) is 17.7 Å². The molecule has 0 spiro atoms. The van der Waals surface area contributed by atoms with Crippen LogP contribution in [0.1, 0.15) is 34.9 Å². The maximum Gasteiger partial charge on any atom is 0.338 e. The molecule has 3 aromatic rings. The van der Waals surface area contributed by atoms with Gasteiger partial charge in [0.15, 0.2) is 0 Å². The Morgan fingerprint density at radius 2 is 2.00 bits per heavy atom. The molecule has 0 amide bonds. The van der Waals surface area contributed by atoms with Crippen molar-refractivity contribution in [2.75, 3.05) is 13.1 Å². The topological polar surface area (TPSA) is 42.4 Å². The van der Waals surface area contributed by atoms with Crippen LogP contribution in [0.25, 0.3) is 10.9 Å². The Balaban J connectivity index is 1.53. The third-order valence-electron chi connectivity index (χ3n) is 6.81. The van der Waals surface area contributed by atoms with Gasteiger partial charge >= 0.3 is 5.97 Å². The van der Waals surface area contributed by atoms with Crippen molar-refractivity contribution in [1.29, 1.82) is 0 Å². The number of hydrogen-bond acceptors (Lipinski definition) is 4. The lowest BCUT2D eigenvalue weighted by atomic mass is 9.73. The van der Waals surface area contributed by atoms with E-state index in [1.54, 1.807) is 6.20 Å². The monoisotopic (exact) mass is 416 g/mol. The Morgan fingerprint density at radius 3 is 2.74 bits per heavy atom. The number of nitrogens with zero attached hydrogens (tertiary/aromatic N) is 2. The third kappa shape index (κ3) is 3.74. The fourth-order valence-electron chi connectivity index (χ4n) is 5.18. The molecule has 5 heteroatoms. The second-order valence-electron chi connectivity index (χ2n) is 8.50. The smallest absolute Gasteiger partial charge is 0.338 e. The molecule has 6 rings (SSSR count). The molecule has 3 aliphatic heterocycles. The minimum atomic E-state index is -0.436. The molecule has 1 unspecified atom stereocenters. The molecule has 1 aromatic heterocycles. The Labute approximate surface area is 181 Å². The van der Waals surface area contributed by atoms with Crippen LogP contribution in [-0.4, -0.2) is 35.0 Å². The second-order valence-corrected chi connectivity index (χ2v) is 8.50. The van der Waals surface area contributed by atoms with Crippen LogP contribution in [0.2, 0.25) is 0 Å². The van der Waals surface area contributed by atoms with Gasteiger partial charge in [0, 0.05) is 23.7 Å². The van der Waals surface area contributed by atoms with Crippen molar-refractivity contribution in [3.05, 3.63) is 90.4 Å². The fourth-order valence-corrected chi connectivity index (χ4v) is 5.18. The lowest BCUT2D eigenvalue weighted by Gasteiger charge is -2.51. The number of rotatable bonds is 5. The van der Waals surface area contributed by atoms with Crippen molar-refractivity contribution in [3.8, 4) is 0 Å². The predicted octanol–water partition coefficient (Wildman–Crippen LogP) is 5.17. The van der Waals surface area contributed by atoms with Gasteiger partial charge in [0.25, 0.3) is 0 Å². The summed E-state index contributed by atoms with van der Waals surface area (Å²) in [7, 11) is 0. The van der Waals surface area contributed by atoms with E-state index >= 15 is 0 Å². The Bertz CT molecular complexity index is 1110. The standard InChI is InChI=1S/C26H25FN2O2/c1-2-17-16-29-14-12-19(17)15-24(29)25(31-26(30)18-7-9-20(27)10-8-18)22-11-13-28-23-6-4-3-5-21(22)23/h2-11,13,17,19,24-25H,1,12,14-16H2/t17-,19-,24-,25+/m0/s1. The highest BCUT2D eigenvalue weighted by Gasteiger charge is 2.44. The molecule has 3 saturated heterocycles. The number of piperidine rings is 3. The summed E-state index contributed by atoms with van der Waals surface area (Å²) in [6.07, 6.45) is 5.50. The predicted molar refractivity (Wildman–Crippen MR) is 118 cm³/mol. The number of hydrogen-bond donors (Lipinski definition) is 0. The van der Waals surface area contributed by atoms with Crippen LogP contribution in [0.15, 0.2) is 73.4 Å². The maximum absolute atomic E-state index is 13.3. The van der Waals surface area contributed by atoms with Crippen LogP contribution in [0.3, 0.4) is 0 Å². The van der Waals surface area contributed by atoms with E-state index in [2.05, 4.69) is 22.5 Å². The number of fused-ring (bicyclic) bond motifs is 4. The van der Waals surface area contributed by atoms with Gasteiger partial charge in [-0.05, 0) is 67.6 Å². The number of carbonyl (C=O) groups is 1. The molecular formula is C26H25FN2O2. The fraction of sp³-hybridized carbons (Fsp3) is 0.308. The van der Waals surface area contributed by atoms with Gasteiger partial charge in [-0.25, -0.2) is 9.18 Å². The lowest BCUT2D eigenvalue weighted by molar-refractivity contribution is -0.0568. The summed E-state index contributed by atoms with van der Waals surface area (Å²) < 4.78 is 19.5. The van der Waals surface area contributed by atoms with Crippen LogP contribution in [0.4, 0.5) is 4.39 Å². The first-order valence-electron chi connectivity index (χ1n) is 10.8. The normalized spacial score (nSPS) is 25.8. The molecule has 0 N–H and O–H groups in total. The molecule has 3 aliphatic rings. The van der Waals surface area contributed by atoms with Crippen molar-refractivity contribution in [2.24, 2.45) is 11.8 Å².